The maximum absolute atomic E-state index is 10.9. The zero-order valence-electron chi connectivity index (χ0n) is 16.9. The number of hydrogen-bond acceptors (Lipinski definition) is 3. The van der Waals surface area contributed by atoms with Crippen molar-refractivity contribution in [1.29, 1.82) is 0 Å². The van der Waals surface area contributed by atoms with Crippen LogP contribution in [0.3, 0.4) is 0 Å². The number of fused-ring (bicyclic) bond motifs is 1. The lowest BCUT2D eigenvalue weighted by molar-refractivity contribution is -0.141. The summed E-state index contributed by atoms with van der Waals surface area (Å²) >= 11 is 0. The summed E-state index contributed by atoms with van der Waals surface area (Å²) in [5, 5.41) is 9.88. The van der Waals surface area contributed by atoms with Crippen molar-refractivity contribution < 1.29 is 14.6 Å². The largest absolute Gasteiger partial charge is 0.466 e. The number of ether oxygens (including phenoxy) is 1. The van der Waals surface area contributed by atoms with E-state index < -0.39 is 0 Å². The second kappa shape index (κ2) is 8.24. The fraction of sp³-hybridized carbons (Fsp3) is 0.864. The smallest absolute Gasteiger partial charge is 0.302 e. The van der Waals surface area contributed by atoms with E-state index in [4.69, 9.17) is 4.74 Å². The van der Waals surface area contributed by atoms with Gasteiger partial charge in [0.05, 0.1) is 13.2 Å². The van der Waals surface area contributed by atoms with Crippen LogP contribution in [-0.4, -0.2) is 24.3 Å². The molecule has 3 heteroatoms. The highest BCUT2D eigenvalue weighted by atomic mass is 16.5. The Hall–Kier alpha value is -0.830. The van der Waals surface area contributed by atoms with E-state index in [-0.39, 0.29) is 18.0 Å². The van der Waals surface area contributed by atoms with Gasteiger partial charge in [-0.25, -0.2) is 0 Å². The predicted molar refractivity (Wildman–Crippen MR) is 102 cm³/mol. The van der Waals surface area contributed by atoms with Crippen LogP contribution in [0.25, 0.3) is 0 Å². The van der Waals surface area contributed by atoms with Crippen molar-refractivity contribution in [3.8, 4) is 0 Å². The Morgan fingerprint density at radius 2 is 2.08 bits per heavy atom. The van der Waals surface area contributed by atoms with Gasteiger partial charge in [0.1, 0.15) is 0 Å². The highest BCUT2D eigenvalue weighted by Crippen LogP contribution is 2.61. The van der Waals surface area contributed by atoms with Crippen LogP contribution >= 0.6 is 0 Å². The van der Waals surface area contributed by atoms with Crippen molar-refractivity contribution in [3.05, 3.63) is 11.6 Å². The Morgan fingerprint density at radius 3 is 2.72 bits per heavy atom. The number of aliphatic hydroxyl groups excluding tert-OH is 1. The van der Waals surface area contributed by atoms with Crippen molar-refractivity contribution in [3.63, 3.8) is 0 Å². The summed E-state index contributed by atoms with van der Waals surface area (Å²) in [6.07, 6.45) is 10.5. The maximum atomic E-state index is 10.9. The quantitative estimate of drug-likeness (QED) is 0.511. The van der Waals surface area contributed by atoms with E-state index in [9.17, 15) is 9.90 Å². The first kappa shape index (κ1) is 20.5. The number of carbonyl (C=O) groups excluding carboxylic acids is 1. The molecule has 1 fully saturated rings. The van der Waals surface area contributed by atoms with Gasteiger partial charge in [0, 0.05) is 6.92 Å². The van der Waals surface area contributed by atoms with Gasteiger partial charge in [0.2, 0.25) is 0 Å². The molecule has 3 nitrogen and oxygen atoms in total. The molecule has 0 amide bonds. The molecule has 0 aliphatic heterocycles. The molecule has 0 aromatic carbocycles. The molecule has 1 unspecified atom stereocenters. The highest BCUT2D eigenvalue weighted by Gasteiger charge is 2.53. The van der Waals surface area contributed by atoms with Crippen LogP contribution in [0.4, 0.5) is 0 Å². The van der Waals surface area contributed by atoms with Crippen LogP contribution in [0, 0.1) is 28.6 Å². The van der Waals surface area contributed by atoms with Crippen molar-refractivity contribution in [2.45, 2.75) is 79.6 Å². The lowest BCUT2D eigenvalue weighted by Crippen LogP contribution is -2.50. The fourth-order valence-corrected chi connectivity index (χ4v) is 5.55. The number of aliphatic hydroxyl groups is 1. The monoisotopic (exact) mass is 350 g/mol. The average molecular weight is 351 g/mol. The standard InChI is InChI=1S/C22H38O3/c1-16(11-14-25-18(3)24)9-12-21(4)17(2)10-13-22(5)19(15-23)7-6-8-20(21)22/h7,16-17,20,23H,6,8-15H2,1-5H3/t16?,17-,20-,21+,22-/m1/s1. The fourth-order valence-electron chi connectivity index (χ4n) is 5.55. The van der Waals surface area contributed by atoms with Gasteiger partial charge >= 0.3 is 5.97 Å². The number of rotatable bonds is 7. The first-order valence-electron chi connectivity index (χ1n) is 10.2. The molecule has 1 saturated carbocycles. The topological polar surface area (TPSA) is 46.5 Å². The van der Waals surface area contributed by atoms with Crippen molar-refractivity contribution in [2.24, 2.45) is 28.6 Å². The molecular weight excluding hydrogens is 312 g/mol. The molecule has 144 valence electrons. The second-order valence-electron chi connectivity index (χ2n) is 9.15. The van der Waals surface area contributed by atoms with E-state index >= 15 is 0 Å². The number of esters is 1. The van der Waals surface area contributed by atoms with Gasteiger partial charge in [-0.05, 0) is 72.7 Å². The average Bonchev–Trinajstić information content (AvgIpc) is 2.56. The number of hydrogen-bond donors (Lipinski definition) is 1. The Labute approximate surface area is 154 Å². The van der Waals surface area contributed by atoms with E-state index in [0.717, 1.165) is 18.8 Å². The summed E-state index contributed by atoms with van der Waals surface area (Å²) in [6, 6.07) is 0. The molecular formula is C22H38O3. The summed E-state index contributed by atoms with van der Waals surface area (Å²) in [4.78, 5) is 10.9. The minimum atomic E-state index is -0.179. The number of allylic oxidation sites excluding steroid dienone is 1. The second-order valence-corrected chi connectivity index (χ2v) is 9.15. The van der Waals surface area contributed by atoms with Crippen LogP contribution in [0.2, 0.25) is 0 Å². The zero-order chi connectivity index (χ0) is 18.7. The lowest BCUT2D eigenvalue weighted by Gasteiger charge is -2.58. The third kappa shape index (κ3) is 4.30. The maximum Gasteiger partial charge on any atom is 0.302 e. The normalized spacial score (nSPS) is 36.3. The van der Waals surface area contributed by atoms with Gasteiger partial charge < -0.3 is 9.84 Å². The SMILES string of the molecule is CC(=O)OCCC(C)CC[C@@]1(C)[C@H](C)CC[C@]2(C)C(CO)=CCC[C@H]12. The first-order valence-corrected chi connectivity index (χ1v) is 10.2. The van der Waals surface area contributed by atoms with E-state index in [1.54, 1.807) is 0 Å². The summed E-state index contributed by atoms with van der Waals surface area (Å²) in [6.45, 7) is 11.8. The van der Waals surface area contributed by atoms with Gasteiger partial charge in [0.25, 0.3) is 0 Å². The first-order chi connectivity index (χ1) is 11.7. The molecule has 0 bridgehead atoms. The Balaban J connectivity index is 2.04. The van der Waals surface area contributed by atoms with E-state index in [2.05, 4.69) is 33.8 Å². The van der Waals surface area contributed by atoms with Crippen molar-refractivity contribution in [1.82, 2.24) is 0 Å². The molecule has 0 saturated heterocycles. The van der Waals surface area contributed by atoms with Crippen LogP contribution in [0.1, 0.15) is 79.6 Å². The third-order valence-electron chi connectivity index (χ3n) is 7.63. The van der Waals surface area contributed by atoms with Crippen molar-refractivity contribution >= 4 is 5.97 Å². The van der Waals surface area contributed by atoms with Crippen LogP contribution in [-0.2, 0) is 9.53 Å². The molecule has 5 atom stereocenters. The summed E-state index contributed by atoms with van der Waals surface area (Å²) in [5.74, 6) is 1.79. The van der Waals surface area contributed by atoms with E-state index in [1.807, 2.05) is 0 Å². The molecule has 25 heavy (non-hydrogen) atoms. The molecule has 1 N–H and O–H groups in total. The van der Waals surface area contributed by atoms with Gasteiger partial charge in [-0.2, -0.15) is 0 Å². The summed E-state index contributed by atoms with van der Waals surface area (Å²) in [5.41, 5.74) is 1.79. The molecule has 0 heterocycles. The van der Waals surface area contributed by atoms with E-state index in [0.29, 0.717) is 23.9 Å². The van der Waals surface area contributed by atoms with Gasteiger partial charge in [0.15, 0.2) is 0 Å². The van der Waals surface area contributed by atoms with Crippen LogP contribution < -0.4 is 0 Å². The molecule has 0 radical (unpaired) electrons. The van der Waals surface area contributed by atoms with E-state index in [1.165, 1.54) is 44.6 Å². The summed E-state index contributed by atoms with van der Waals surface area (Å²) in [7, 11) is 0. The molecule has 0 spiro atoms. The van der Waals surface area contributed by atoms with Crippen LogP contribution in [0.15, 0.2) is 11.6 Å². The molecule has 0 aromatic heterocycles. The van der Waals surface area contributed by atoms with Crippen LogP contribution in [0.5, 0.6) is 0 Å². The third-order valence-corrected chi connectivity index (χ3v) is 7.63. The molecule has 2 aliphatic carbocycles. The minimum Gasteiger partial charge on any atom is -0.466 e. The Bertz CT molecular complexity index is 498. The van der Waals surface area contributed by atoms with Crippen molar-refractivity contribution in [2.75, 3.05) is 13.2 Å². The molecule has 2 rings (SSSR count). The highest BCUT2D eigenvalue weighted by molar-refractivity contribution is 5.65. The molecule has 0 aromatic rings. The lowest BCUT2D eigenvalue weighted by atomic mass is 9.46. The summed E-state index contributed by atoms with van der Waals surface area (Å²) < 4.78 is 5.11. The molecule has 2 aliphatic rings. The Morgan fingerprint density at radius 1 is 1.36 bits per heavy atom. The van der Waals surface area contributed by atoms with Gasteiger partial charge in [-0.1, -0.05) is 40.2 Å². The van der Waals surface area contributed by atoms with Gasteiger partial charge in [-0.3, -0.25) is 4.79 Å². The Kier molecular flexibility index (Phi) is 6.75. The minimum absolute atomic E-state index is 0.176. The zero-order valence-corrected chi connectivity index (χ0v) is 16.9. The number of carbonyl (C=O) groups is 1. The van der Waals surface area contributed by atoms with Gasteiger partial charge in [-0.15, -0.1) is 0 Å². The predicted octanol–water partition coefficient (Wildman–Crippen LogP) is 5.13.